The third-order valence-electron chi connectivity index (χ3n) is 6.23. The zero-order valence-electron chi connectivity index (χ0n) is 22.9. The Kier molecular flexibility index (Phi) is 9.20. The minimum atomic E-state index is -0.459. The van der Waals surface area contributed by atoms with E-state index in [0.717, 1.165) is 16.0 Å². The van der Waals surface area contributed by atoms with Crippen LogP contribution in [0.4, 0.5) is 11.4 Å². The molecular weight excluding hydrogens is 550 g/mol. The van der Waals surface area contributed by atoms with E-state index in [2.05, 4.69) is 16.0 Å². The van der Waals surface area contributed by atoms with E-state index >= 15 is 0 Å². The van der Waals surface area contributed by atoms with Gasteiger partial charge in [-0.2, -0.15) is 0 Å². The summed E-state index contributed by atoms with van der Waals surface area (Å²) in [6.07, 6.45) is 1.64. The van der Waals surface area contributed by atoms with Crippen LogP contribution in [0.25, 0.3) is 6.08 Å². The number of hydrogen-bond acceptors (Lipinski definition) is 6. The summed E-state index contributed by atoms with van der Waals surface area (Å²) in [4.78, 5) is 39.4. The van der Waals surface area contributed by atoms with Crippen molar-refractivity contribution in [3.63, 3.8) is 0 Å². The molecule has 0 spiro atoms. The number of fused-ring (bicyclic) bond motifs is 1. The lowest BCUT2D eigenvalue weighted by atomic mass is 10.1. The largest absolute Gasteiger partial charge is 0.486 e. The Hall–Kier alpha value is -5.02. The van der Waals surface area contributed by atoms with Gasteiger partial charge in [0.25, 0.3) is 11.8 Å². The molecule has 212 valence electrons. The van der Waals surface area contributed by atoms with Crippen LogP contribution in [0.3, 0.4) is 0 Å². The molecule has 0 saturated carbocycles. The Morgan fingerprint density at radius 1 is 0.786 bits per heavy atom. The molecule has 9 heteroatoms. The van der Waals surface area contributed by atoms with Crippen molar-refractivity contribution in [3.8, 4) is 11.5 Å². The summed E-state index contributed by atoms with van der Waals surface area (Å²) in [5.74, 6) is 0.478. The van der Waals surface area contributed by atoms with Gasteiger partial charge in [0.1, 0.15) is 18.9 Å². The quantitative estimate of drug-likeness (QED) is 0.168. The summed E-state index contributed by atoms with van der Waals surface area (Å²) in [5.41, 5.74) is 3.61. The highest BCUT2D eigenvalue weighted by Gasteiger charge is 2.16. The fourth-order valence-corrected chi connectivity index (χ4v) is 4.77. The molecule has 3 N–H and O–H groups in total. The fraction of sp³-hybridized carbons (Fsp3) is 0.121. The lowest BCUT2D eigenvalue weighted by Crippen LogP contribution is -2.30. The molecule has 0 radical (unpaired) electrons. The number of hydrogen-bond donors (Lipinski definition) is 3. The number of rotatable bonds is 9. The van der Waals surface area contributed by atoms with E-state index in [9.17, 15) is 14.4 Å². The van der Waals surface area contributed by atoms with E-state index in [1.54, 1.807) is 60.7 Å². The van der Waals surface area contributed by atoms with Gasteiger partial charge in [-0.3, -0.25) is 14.4 Å². The maximum atomic E-state index is 13.2. The number of carbonyl (C=O) groups excluding carboxylic acids is 3. The second-order valence-electron chi connectivity index (χ2n) is 9.46. The van der Waals surface area contributed by atoms with E-state index in [1.807, 2.05) is 49.4 Å². The van der Waals surface area contributed by atoms with Crippen molar-refractivity contribution in [1.29, 1.82) is 0 Å². The first kappa shape index (κ1) is 28.5. The van der Waals surface area contributed by atoms with Crippen molar-refractivity contribution in [2.24, 2.45) is 0 Å². The standard InChI is InChI=1S/C33H29N3O5S/c1-22-7-9-23(10-8-22)19-28(36-32(38)24-5-3-2-4-6-24)33(39)35-25-11-14-27(15-12-25)42-21-31(37)34-26-13-16-29-30(20-26)41-18-17-40-29/h2-16,19-20H,17-18,21H2,1H3,(H,34,37)(H,35,39)(H,36,38)/b28-19-. The Balaban J connectivity index is 1.19. The Bertz CT molecular complexity index is 1600. The van der Waals surface area contributed by atoms with Gasteiger partial charge >= 0.3 is 0 Å². The second-order valence-corrected chi connectivity index (χ2v) is 10.5. The first-order valence-electron chi connectivity index (χ1n) is 13.3. The van der Waals surface area contributed by atoms with Crippen LogP contribution in [0.1, 0.15) is 21.5 Å². The van der Waals surface area contributed by atoms with Gasteiger partial charge in [0.2, 0.25) is 5.91 Å². The average Bonchev–Trinajstić information content (AvgIpc) is 3.01. The molecule has 0 atom stereocenters. The SMILES string of the molecule is Cc1ccc(/C=C(\NC(=O)c2ccccc2)C(=O)Nc2ccc(SCC(=O)Nc3ccc4c(c3)OCCO4)cc2)cc1. The zero-order valence-corrected chi connectivity index (χ0v) is 23.7. The molecule has 0 aliphatic carbocycles. The number of carbonyl (C=O) groups is 3. The van der Waals surface area contributed by atoms with Crippen LogP contribution in [0.2, 0.25) is 0 Å². The van der Waals surface area contributed by atoms with Crippen LogP contribution >= 0.6 is 11.8 Å². The minimum Gasteiger partial charge on any atom is -0.486 e. The molecule has 8 nitrogen and oxygen atoms in total. The van der Waals surface area contributed by atoms with Crippen LogP contribution in [0.5, 0.6) is 11.5 Å². The number of anilines is 2. The molecular formula is C33H29N3O5S. The molecule has 1 aliphatic heterocycles. The summed E-state index contributed by atoms with van der Waals surface area (Å²) < 4.78 is 11.1. The van der Waals surface area contributed by atoms with Gasteiger partial charge in [-0.15, -0.1) is 11.8 Å². The monoisotopic (exact) mass is 579 g/mol. The van der Waals surface area contributed by atoms with Crippen molar-refractivity contribution in [3.05, 3.63) is 119 Å². The van der Waals surface area contributed by atoms with Crippen molar-refractivity contribution < 1.29 is 23.9 Å². The van der Waals surface area contributed by atoms with Gasteiger partial charge in [-0.05, 0) is 67.1 Å². The molecule has 0 aromatic heterocycles. The summed E-state index contributed by atoms with van der Waals surface area (Å²) in [6.45, 7) is 2.96. The first-order chi connectivity index (χ1) is 20.4. The van der Waals surface area contributed by atoms with E-state index in [0.29, 0.717) is 41.7 Å². The van der Waals surface area contributed by atoms with Crippen molar-refractivity contribution >= 4 is 46.9 Å². The van der Waals surface area contributed by atoms with E-state index in [-0.39, 0.29) is 23.3 Å². The third-order valence-corrected chi connectivity index (χ3v) is 7.24. The summed E-state index contributed by atoms with van der Waals surface area (Å²) in [6, 6.07) is 28.8. The third kappa shape index (κ3) is 7.80. The van der Waals surface area contributed by atoms with Gasteiger partial charge in [-0.25, -0.2) is 0 Å². The highest BCUT2D eigenvalue weighted by molar-refractivity contribution is 8.00. The molecule has 42 heavy (non-hydrogen) atoms. The Morgan fingerprint density at radius 3 is 2.21 bits per heavy atom. The van der Waals surface area contributed by atoms with Gasteiger partial charge in [0.05, 0.1) is 5.75 Å². The normalized spacial score (nSPS) is 12.3. The van der Waals surface area contributed by atoms with E-state index in [1.165, 1.54) is 11.8 Å². The Morgan fingerprint density at radius 2 is 1.48 bits per heavy atom. The smallest absolute Gasteiger partial charge is 0.272 e. The predicted octanol–water partition coefficient (Wildman–Crippen LogP) is 5.91. The van der Waals surface area contributed by atoms with Crippen LogP contribution < -0.4 is 25.4 Å². The van der Waals surface area contributed by atoms with Gasteiger partial charge in [-0.1, -0.05) is 48.0 Å². The first-order valence-corrected chi connectivity index (χ1v) is 14.3. The molecule has 1 aliphatic rings. The van der Waals surface area contributed by atoms with Gasteiger partial charge in [0.15, 0.2) is 11.5 Å². The van der Waals surface area contributed by atoms with Crippen LogP contribution in [0, 0.1) is 6.92 Å². The maximum absolute atomic E-state index is 13.2. The van der Waals surface area contributed by atoms with E-state index < -0.39 is 5.91 Å². The topological polar surface area (TPSA) is 106 Å². The molecule has 3 amide bonds. The van der Waals surface area contributed by atoms with E-state index in [4.69, 9.17) is 9.47 Å². The number of benzene rings is 4. The van der Waals surface area contributed by atoms with Crippen molar-refractivity contribution in [2.75, 3.05) is 29.6 Å². The molecule has 4 aromatic rings. The number of nitrogens with one attached hydrogen (secondary N) is 3. The molecule has 0 saturated heterocycles. The van der Waals surface area contributed by atoms with Gasteiger partial charge < -0.3 is 25.4 Å². The fourth-order valence-electron chi connectivity index (χ4n) is 4.07. The lowest BCUT2D eigenvalue weighted by molar-refractivity contribution is -0.114. The second kappa shape index (κ2) is 13.6. The lowest BCUT2D eigenvalue weighted by Gasteiger charge is -2.19. The predicted molar refractivity (Wildman–Crippen MR) is 165 cm³/mol. The van der Waals surface area contributed by atoms with Gasteiger partial charge in [0, 0.05) is 27.9 Å². The summed E-state index contributed by atoms with van der Waals surface area (Å²) in [7, 11) is 0. The number of thioether (sulfide) groups is 1. The highest BCUT2D eigenvalue weighted by Crippen LogP contribution is 2.32. The summed E-state index contributed by atoms with van der Waals surface area (Å²) in [5, 5.41) is 8.46. The van der Waals surface area contributed by atoms with Crippen LogP contribution in [-0.4, -0.2) is 36.7 Å². The molecule has 4 aromatic carbocycles. The van der Waals surface area contributed by atoms with Crippen molar-refractivity contribution in [2.45, 2.75) is 11.8 Å². The Labute approximate surface area is 248 Å². The molecule has 0 fully saturated rings. The number of aryl methyl sites for hydroxylation is 1. The minimum absolute atomic E-state index is 0.113. The van der Waals surface area contributed by atoms with Crippen molar-refractivity contribution in [1.82, 2.24) is 5.32 Å². The molecule has 1 heterocycles. The zero-order chi connectivity index (χ0) is 29.3. The summed E-state index contributed by atoms with van der Waals surface area (Å²) >= 11 is 1.37. The van der Waals surface area contributed by atoms with Crippen LogP contribution in [0.15, 0.2) is 108 Å². The number of ether oxygens (including phenoxy) is 2. The maximum Gasteiger partial charge on any atom is 0.272 e. The number of amides is 3. The highest BCUT2D eigenvalue weighted by atomic mass is 32.2. The van der Waals surface area contributed by atoms with Crippen LogP contribution in [-0.2, 0) is 9.59 Å². The molecule has 5 rings (SSSR count). The molecule has 0 bridgehead atoms. The molecule has 0 unspecified atom stereocenters. The average molecular weight is 580 g/mol.